The summed E-state index contributed by atoms with van der Waals surface area (Å²) in [6.45, 7) is 0.606. The standard InChI is InChI=1S/C8H7N5S/c9-3-6-4-12-13-8(6)11-5-7-10-1-2-14-7/h1-2,4H,5H2,(H2,11,12,13). The lowest BCUT2D eigenvalue weighted by molar-refractivity contribution is 1.04. The van der Waals surface area contributed by atoms with Crippen LogP contribution >= 0.6 is 11.3 Å². The zero-order valence-electron chi connectivity index (χ0n) is 7.19. The molecule has 0 radical (unpaired) electrons. The Morgan fingerprint density at radius 2 is 2.57 bits per heavy atom. The molecule has 0 aliphatic rings. The zero-order valence-corrected chi connectivity index (χ0v) is 8.01. The highest BCUT2D eigenvalue weighted by Gasteiger charge is 2.03. The molecule has 2 heterocycles. The predicted molar refractivity (Wildman–Crippen MR) is 52.7 cm³/mol. The van der Waals surface area contributed by atoms with Gasteiger partial charge in [0.1, 0.15) is 22.5 Å². The number of thiazole rings is 1. The largest absolute Gasteiger partial charge is 0.363 e. The molecule has 0 bridgehead atoms. The highest BCUT2D eigenvalue weighted by Crippen LogP contribution is 2.11. The van der Waals surface area contributed by atoms with Gasteiger partial charge in [0.15, 0.2) is 0 Å². The van der Waals surface area contributed by atoms with Crippen molar-refractivity contribution < 1.29 is 0 Å². The fraction of sp³-hybridized carbons (Fsp3) is 0.125. The molecule has 2 aromatic heterocycles. The molecule has 0 aliphatic heterocycles. The summed E-state index contributed by atoms with van der Waals surface area (Å²) in [7, 11) is 0. The van der Waals surface area contributed by atoms with Gasteiger partial charge in [-0.1, -0.05) is 0 Å². The lowest BCUT2D eigenvalue weighted by Gasteiger charge is -1.99. The molecule has 70 valence electrons. The van der Waals surface area contributed by atoms with Gasteiger partial charge in [0.05, 0.1) is 12.7 Å². The van der Waals surface area contributed by atoms with Gasteiger partial charge in [-0.15, -0.1) is 11.3 Å². The van der Waals surface area contributed by atoms with Gasteiger partial charge in [-0.3, -0.25) is 5.10 Å². The van der Waals surface area contributed by atoms with Crippen molar-refractivity contribution in [2.45, 2.75) is 6.54 Å². The maximum atomic E-state index is 8.70. The second-order valence-electron chi connectivity index (χ2n) is 2.55. The average Bonchev–Trinajstić information content (AvgIpc) is 2.85. The van der Waals surface area contributed by atoms with E-state index in [4.69, 9.17) is 5.26 Å². The monoisotopic (exact) mass is 205 g/mol. The Morgan fingerprint density at radius 3 is 3.29 bits per heavy atom. The van der Waals surface area contributed by atoms with Crippen molar-refractivity contribution in [2.75, 3.05) is 5.32 Å². The summed E-state index contributed by atoms with van der Waals surface area (Å²) in [4.78, 5) is 4.11. The molecule has 2 aromatic rings. The van der Waals surface area contributed by atoms with Gasteiger partial charge in [0, 0.05) is 11.6 Å². The molecule has 0 atom stereocenters. The Hall–Kier alpha value is -1.87. The van der Waals surface area contributed by atoms with Gasteiger partial charge in [0.2, 0.25) is 0 Å². The van der Waals surface area contributed by atoms with Crippen molar-refractivity contribution in [3.63, 3.8) is 0 Å². The number of aromatic nitrogens is 3. The first kappa shape index (κ1) is 8.72. The highest BCUT2D eigenvalue weighted by molar-refractivity contribution is 7.09. The third-order valence-corrected chi connectivity index (χ3v) is 2.44. The molecule has 14 heavy (non-hydrogen) atoms. The summed E-state index contributed by atoms with van der Waals surface area (Å²) in [6.07, 6.45) is 3.24. The van der Waals surface area contributed by atoms with Crippen molar-refractivity contribution in [1.29, 1.82) is 5.26 Å². The van der Waals surface area contributed by atoms with Crippen LogP contribution in [0.3, 0.4) is 0 Å². The van der Waals surface area contributed by atoms with Crippen LogP contribution in [0.25, 0.3) is 0 Å². The lowest BCUT2D eigenvalue weighted by atomic mass is 10.3. The van der Waals surface area contributed by atoms with E-state index in [1.807, 2.05) is 11.4 Å². The van der Waals surface area contributed by atoms with E-state index >= 15 is 0 Å². The molecule has 6 heteroatoms. The molecule has 2 rings (SSSR count). The van der Waals surface area contributed by atoms with Crippen LogP contribution in [0.1, 0.15) is 10.6 Å². The zero-order chi connectivity index (χ0) is 9.80. The summed E-state index contributed by atoms with van der Waals surface area (Å²) < 4.78 is 0. The van der Waals surface area contributed by atoms with E-state index < -0.39 is 0 Å². The number of hydrogen-bond acceptors (Lipinski definition) is 5. The van der Waals surface area contributed by atoms with Crippen LogP contribution in [0.2, 0.25) is 0 Å². The Balaban J connectivity index is 2.02. The summed E-state index contributed by atoms with van der Waals surface area (Å²) >= 11 is 1.57. The predicted octanol–water partition coefficient (Wildman–Crippen LogP) is 1.35. The number of hydrogen-bond donors (Lipinski definition) is 2. The van der Waals surface area contributed by atoms with Crippen molar-refractivity contribution >= 4 is 17.2 Å². The molecule has 0 saturated heterocycles. The van der Waals surface area contributed by atoms with E-state index in [-0.39, 0.29) is 0 Å². The number of nitrogens with zero attached hydrogens (tertiary/aromatic N) is 3. The molecular weight excluding hydrogens is 198 g/mol. The molecule has 2 N–H and O–H groups in total. The van der Waals surface area contributed by atoms with Gasteiger partial charge in [-0.2, -0.15) is 10.4 Å². The Kier molecular flexibility index (Phi) is 2.42. The highest BCUT2D eigenvalue weighted by atomic mass is 32.1. The van der Waals surface area contributed by atoms with Gasteiger partial charge in [-0.25, -0.2) is 4.98 Å². The van der Waals surface area contributed by atoms with Crippen LogP contribution in [0.5, 0.6) is 0 Å². The van der Waals surface area contributed by atoms with Crippen molar-refractivity contribution in [3.8, 4) is 6.07 Å². The van der Waals surface area contributed by atoms with Crippen molar-refractivity contribution in [3.05, 3.63) is 28.3 Å². The minimum absolute atomic E-state index is 0.515. The molecule has 0 aromatic carbocycles. The van der Waals surface area contributed by atoms with E-state index in [0.29, 0.717) is 17.9 Å². The van der Waals surface area contributed by atoms with E-state index in [9.17, 15) is 0 Å². The van der Waals surface area contributed by atoms with Crippen LogP contribution in [-0.2, 0) is 6.54 Å². The minimum Gasteiger partial charge on any atom is -0.363 e. The maximum absolute atomic E-state index is 8.70. The lowest BCUT2D eigenvalue weighted by Crippen LogP contribution is -2.00. The molecule has 5 nitrogen and oxygen atoms in total. The second kappa shape index (κ2) is 3.89. The Bertz CT molecular complexity index is 438. The third-order valence-electron chi connectivity index (χ3n) is 1.66. The van der Waals surface area contributed by atoms with Gasteiger partial charge in [-0.05, 0) is 0 Å². The fourth-order valence-electron chi connectivity index (χ4n) is 1.01. The van der Waals surface area contributed by atoms with E-state index in [1.165, 1.54) is 6.20 Å². The number of nitriles is 1. The Labute approximate surface area is 84.4 Å². The SMILES string of the molecule is N#Cc1cn[nH]c1NCc1nccs1. The minimum atomic E-state index is 0.515. The number of rotatable bonds is 3. The Morgan fingerprint density at radius 1 is 1.64 bits per heavy atom. The summed E-state index contributed by atoms with van der Waals surface area (Å²) in [5.41, 5.74) is 0.515. The first-order valence-corrected chi connectivity index (χ1v) is 4.84. The van der Waals surface area contributed by atoms with Crippen LogP contribution in [0.4, 0.5) is 5.82 Å². The molecule has 0 fully saturated rings. The van der Waals surface area contributed by atoms with Gasteiger partial charge >= 0.3 is 0 Å². The first-order chi connectivity index (χ1) is 6.90. The molecule has 0 amide bonds. The van der Waals surface area contributed by atoms with Gasteiger partial charge in [0.25, 0.3) is 0 Å². The molecular formula is C8H7N5S. The molecule has 0 spiro atoms. The molecule has 0 aliphatic carbocycles. The quantitative estimate of drug-likeness (QED) is 0.792. The number of anilines is 1. The topological polar surface area (TPSA) is 77.4 Å². The summed E-state index contributed by atoms with van der Waals surface area (Å²) in [5.74, 6) is 0.641. The maximum Gasteiger partial charge on any atom is 0.140 e. The van der Waals surface area contributed by atoms with Crippen molar-refractivity contribution in [1.82, 2.24) is 15.2 Å². The number of aromatic amines is 1. The van der Waals surface area contributed by atoms with Crippen LogP contribution < -0.4 is 5.32 Å². The first-order valence-electron chi connectivity index (χ1n) is 3.96. The van der Waals surface area contributed by atoms with Crippen LogP contribution in [0.15, 0.2) is 17.8 Å². The van der Waals surface area contributed by atoms with Crippen LogP contribution in [-0.4, -0.2) is 15.2 Å². The summed E-state index contributed by atoms with van der Waals surface area (Å²) in [6, 6.07) is 2.03. The van der Waals surface area contributed by atoms with E-state index in [1.54, 1.807) is 17.5 Å². The second-order valence-corrected chi connectivity index (χ2v) is 3.53. The van der Waals surface area contributed by atoms with E-state index in [2.05, 4.69) is 20.5 Å². The fourth-order valence-corrected chi connectivity index (χ4v) is 1.57. The van der Waals surface area contributed by atoms with Crippen molar-refractivity contribution in [2.24, 2.45) is 0 Å². The summed E-state index contributed by atoms with van der Waals surface area (Å²) in [5, 5.41) is 21.1. The van der Waals surface area contributed by atoms with Gasteiger partial charge < -0.3 is 5.32 Å². The van der Waals surface area contributed by atoms with E-state index in [0.717, 1.165) is 5.01 Å². The number of nitrogens with one attached hydrogen (secondary N) is 2. The van der Waals surface area contributed by atoms with Crippen LogP contribution in [0, 0.1) is 11.3 Å². The molecule has 0 unspecified atom stereocenters. The third kappa shape index (κ3) is 1.72. The normalized spacial score (nSPS) is 9.64. The average molecular weight is 205 g/mol. The smallest absolute Gasteiger partial charge is 0.140 e. The number of H-pyrrole nitrogens is 1. The molecule has 0 saturated carbocycles.